The number of aromatic nitrogens is 2. The van der Waals surface area contributed by atoms with Crippen molar-refractivity contribution in [3.63, 3.8) is 0 Å². The Bertz CT molecular complexity index is 953. The molecule has 1 atom stereocenters. The number of halogens is 3. The summed E-state index contributed by atoms with van der Waals surface area (Å²) in [4.78, 5) is 9.05. The summed E-state index contributed by atoms with van der Waals surface area (Å²) in [5.74, 6) is -1.17. The van der Waals surface area contributed by atoms with Gasteiger partial charge in [-0.25, -0.2) is 0 Å². The number of hydrogen-bond donors (Lipinski definition) is 0. The van der Waals surface area contributed by atoms with Gasteiger partial charge < -0.3 is 0 Å². The van der Waals surface area contributed by atoms with Gasteiger partial charge in [-0.2, -0.15) is 18.4 Å². The molecule has 1 saturated carbocycles. The zero-order valence-corrected chi connectivity index (χ0v) is 16.5. The van der Waals surface area contributed by atoms with E-state index in [2.05, 4.69) is 11.1 Å². The van der Waals surface area contributed by atoms with Gasteiger partial charge in [0.05, 0.1) is 17.2 Å². The van der Waals surface area contributed by atoms with E-state index in [1.807, 2.05) is 13.0 Å². The standard InChI is InChI=1S/C23H24F3N3/c1-14-11-16(9-10-28-14)21-18-12-17(23(24,25)26)7-8-20(18)29-22(19(21)13-27)15-5-3-2-4-6-15/h9-11,15,17H,2-8,12H2,1H3. The van der Waals surface area contributed by atoms with Crippen molar-refractivity contribution in [1.82, 2.24) is 9.97 Å². The molecule has 0 amide bonds. The van der Waals surface area contributed by atoms with E-state index >= 15 is 0 Å². The lowest BCUT2D eigenvalue weighted by Crippen LogP contribution is -2.30. The highest BCUT2D eigenvalue weighted by Gasteiger charge is 2.43. The van der Waals surface area contributed by atoms with Gasteiger partial charge in [0, 0.05) is 29.1 Å². The Morgan fingerprint density at radius 1 is 1.14 bits per heavy atom. The van der Waals surface area contributed by atoms with E-state index < -0.39 is 12.1 Å². The van der Waals surface area contributed by atoms with Crippen LogP contribution in [0, 0.1) is 24.2 Å². The lowest BCUT2D eigenvalue weighted by molar-refractivity contribution is -0.177. The SMILES string of the molecule is Cc1cc(-c2c(C#N)c(C3CCCCC3)nc3c2CC(C(F)(F)F)CC3)ccn1. The van der Waals surface area contributed by atoms with Crippen molar-refractivity contribution >= 4 is 0 Å². The van der Waals surface area contributed by atoms with Crippen molar-refractivity contribution in [2.45, 2.75) is 70.4 Å². The average molecular weight is 399 g/mol. The Labute approximate surface area is 169 Å². The smallest absolute Gasteiger partial charge is 0.262 e. The van der Waals surface area contributed by atoms with Crippen LogP contribution < -0.4 is 0 Å². The summed E-state index contributed by atoms with van der Waals surface area (Å²) in [6.07, 6.45) is 3.05. The average Bonchev–Trinajstić information content (AvgIpc) is 2.71. The molecule has 6 heteroatoms. The van der Waals surface area contributed by atoms with Crippen LogP contribution in [0.3, 0.4) is 0 Å². The quantitative estimate of drug-likeness (QED) is 0.619. The third-order valence-electron chi connectivity index (χ3n) is 6.34. The van der Waals surface area contributed by atoms with Gasteiger partial charge in [-0.05, 0) is 62.3 Å². The fourth-order valence-electron chi connectivity index (χ4n) is 4.86. The highest BCUT2D eigenvalue weighted by molar-refractivity contribution is 5.76. The number of pyridine rings is 2. The first kappa shape index (κ1) is 19.9. The molecule has 0 bridgehead atoms. The second kappa shape index (κ2) is 7.78. The fourth-order valence-corrected chi connectivity index (χ4v) is 4.86. The summed E-state index contributed by atoms with van der Waals surface area (Å²) in [6, 6.07) is 5.98. The lowest BCUT2D eigenvalue weighted by atomic mass is 9.78. The third kappa shape index (κ3) is 3.88. The summed E-state index contributed by atoms with van der Waals surface area (Å²) >= 11 is 0. The Kier molecular flexibility index (Phi) is 5.33. The molecule has 0 radical (unpaired) electrons. The number of hydrogen-bond acceptors (Lipinski definition) is 3. The molecule has 29 heavy (non-hydrogen) atoms. The van der Waals surface area contributed by atoms with E-state index in [0.29, 0.717) is 23.1 Å². The maximum atomic E-state index is 13.5. The Balaban J connectivity index is 1.93. The predicted octanol–water partition coefficient (Wildman–Crippen LogP) is 6.04. The van der Waals surface area contributed by atoms with Gasteiger partial charge in [0.15, 0.2) is 0 Å². The largest absolute Gasteiger partial charge is 0.392 e. The van der Waals surface area contributed by atoms with Crippen LogP contribution in [-0.2, 0) is 12.8 Å². The van der Waals surface area contributed by atoms with Gasteiger partial charge in [0.1, 0.15) is 6.07 Å². The Hall–Kier alpha value is -2.42. The van der Waals surface area contributed by atoms with Crippen molar-refractivity contribution in [3.05, 3.63) is 46.5 Å². The zero-order valence-electron chi connectivity index (χ0n) is 16.5. The third-order valence-corrected chi connectivity index (χ3v) is 6.34. The zero-order chi connectivity index (χ0) is 20.6. The van der Waals surface area contributed by atoms with E-state index in [0.717, 1.165) is 48.3 Å². The maximum Gasteiger partial charge on any atom is 0.392 e. The van der Waals surface area contributed by atoms with E-state index in [9.17, 15) is 18.4 Å². The molecule has 4 rings (SSSR count). The number of nitriles is 1. The summed E-state index contributed by atoms with van der Waals surface area (Å²) in [7, 11) is 0. The van der Waals surface area contributed by atoms with Crippen LogP contribution in [0.25, 0.3) is 11.1 Å². The monoisotopic (exact) mass is 399 g/mol. The molecule has 2 aromatic heterocycles. The molecular weight excluding hydrogens is 375 g/mol. The van der Waals surface area contributed by atoms with Gasteiger partial charge in [0.2, 0.25) is 0 Å². The number of aryl methyl sites for hydroxylation is 2. The first-order valence-corrected chi connectivity index (χ1v) is 10.3. The van der Waals surface area contributed by atoms with Gasteiger partial charge >= 0.3 is 6.18 Å². The molecule has 2 aliphatic carbocycles. The van der Waals surface area contributed by atoms with Crippen LogP contribution in [-0.4, -0.2) is 16.1 Å². The molecule has 0 aliphatic heterocycles. The number of alkyl halides is 3. The molecule has 3 nitrogen and oxygen atoms in total. The fraction of sp³-hybridized carbons (Fsp3) is 0.522. The topological polar surface area (TPSA) is 49.6 Å². The molecule has 1 fully saturated rings. The second-order valence-electron chi connectivity index (χ2n) is 8.29. The summed E-state index contributed by atoms with van der Waals surface area (Å²) < 4.78 is 40.5. The molecule has 2 heterocycles. The molecule has 1 unspecified atom stereocenters. The van der Waals surface area contributed by atoms with Crippen LogP contribution >= 0.6 is 0 Å². The van der Waals surface area contributed by atoms with Gasteiger partial charge in [0.25, 0.3) is 0 Å². The minimum Gasteiger partial charge on any atom is -0.262 e. The van der Waals surface area contributed by atoms with E-state index in [1.54, 1.807) is 12.3 Å². The van der Waals surface area contributed by atoms with Crippen LogP contribution in [0.2, 0.25) is 0 Å². The summed E-state index contributed by atoms with van der Waals surface area (Å²) in [6.45, 7) is 1.85. The normalized spacial score (nSPS) is 20.2. The van der Waals surface area contributed by atoms with Crippen molar-refractivity contribution in [2.24, 2.45) is 5.92 Å². The minimum absolute atomic E-state index is 0.0638. The van der Waals surface area contributed by atoms with Crippen molar-refractivity contribution in [3.8, 4) is 17.2 Å². The van der Waals surface area contributed by atoms with E-state index in [4.69, 9.17) is 4.98 Å². The van der Waals surface area contributed by atoms with Gasteiger partial charge in [-0.3, -0.25) is 9.97 Å². The summed E-state index contributed by atoms with van der Waals surface area (Å²) in [5, 5.41) is 10.1. The Morgan fingerprint density at radius 2 is 1.90 bits per heavy atom. The maximum absolute atomic E-state index is 13.5. The Morgan fingerprint density at radius 3 is 2.55 bits per heavy atom. The predicted molar refractivity (Wildman–Crippen MR) is 104 cm³/mol. The second-order valence-corrected chi connectivity index (χ2v) is 8.29. The first-order chi connectivity index (χ1) is 13.9. The molecule has 0 aromatic carbocycles. The molecule has 0 spiro atoms. The molecule has 152 valence electrons. The van der Waals surface area contributed by atoms with Gasteiger partial charge in [-0.15, -0.1) is 0 Å². The highest BCUT2D eigenvalue weighted by Crippen LogP contribution is 2.44. The number of rotatable bonds is 2. The van der Waals surface area contributed by atoms with E-state index in [1.165, 1.54) is 6.42 Å². The lowest BCUT2D eigenvalue weighted by Gasteiger charge is -2.31. The van der Waals surface area contributed by atoms with Crippen LogP contribution in [0.15, 0.2) is 18.3 Å². The van der Waals surface area contributed by atoms with E-state index in [-0.39, 0.29) is 18.8 Å². The molecular formula is C23H24F3N3. The molecule has 2 aliphatic rings. The molecule has 0 N–H and O–H groups in total. The minimum atomic E-state index is -4.24. The summed E-state index contributed by atoms with van der Waals surface area (Å²) in [5.41, 5.74) is 4.80. The first-order valence-electron chi connectivity index (χ1n) is 10.3. The highest BCUT2D eigenvalue weighted by atomic mass is 19.4. The molecule has 0 saturated heterocycles. The number of nitrogens with zero attached hydrogens (tertiary/aromatic N) is 3. The van der Waals surface area contributed by atoms with Crippen LogP contribution in [0.1, 0.15) is 72.7 Å². The van der Waals surface area contributed by atoms with Crippen molar-refractivity contribution < 1.29 is 13.2 Å². The molecule has 2 aromatic rings. The van der Waals surface area contributed by atoms with Crippen molar-refractivity contribution in [1.29, 1.82) is 5.26 Å². The van der Waals surface area contributed by atoms with Gasteiger partial charge in [-0.1, -0.05) is 19.3 Å². The van der Waals surface area contributed by atoms with Crippen molar-refractivity contribution in [2.75, 3.05) is 0 Å². The number of fused-ring (bicyclic) bond motifs is 1. The van der Waals surface area contributed by atoms with Crippen LogP contribution in [0.4, 0.5) is 13.2 Å². The van der Waals surface area contributed by atoms with Crippen LogP contribution in [0.5, 0.6) is 0 Å².